The number of aryl methyl sites for hydroxylation is 1. The van der Waals surface area contributed by atoms with Crippen molar-refractivity contribution in [3.63, 3.8) is 0 Å². The molecule has 0 unspecified atom stereocenters. The lowest BCUT2D eigenvalue weighted by atomic mass is 10.1. The Labute approximate surface area is 145 Å². The summed E-state index contributed by atoms with van der Waals surface area (Å²) in [6.07, 6.45) is 0. The Morgan fingerprint density at radius 2 is 1.56 bits per heavy atom. The molecule has 0 saturated carbocycles. The van der Waals surface area contributed by atoms with Crippen LogP contribution in [0.25, 0.3) is 0 Å². The summed E-state index contributed by atoms with van der Waals surface area (Å²) < 4.78 is 35.0. The molecule has 0 aromatic heterocycles. The lowest BCUT2D eigenvalue weighted by molar-refractivity contribution is 0.0734. The van der Waals surface area contributed by atoms with Crippen LogP contribution in [-0.2, 0) is 10.1 Å². The summed E-state index contributed by atoms with van der Waals surface area (Å²) in [5, 5.41) is 2.36. The molecule has 132 valence electrons. The predicted molar refractivity (Wildman–Crippen MR) is 91.3 cm³/mol. The molecule has 0 aliphatic carbocycles. The number of nitrogens with one attached hydrogen (secondary N) is 1. The number of rotatable bonds is 6. The molecule has 0 fully saturated rings. The third-order valence-electron chi connectivity index (χ3n) is 3.26. The summed E-state index contributed by atoms with van der Waals surface area (Å²) in [6, 6.07) is 12.7. The Kier molecular flexibility index (Phi) is 5.89. The largest absolute Gasteiger partial charge is 0.423 e. The highest BCUT2D eigenvalue weighted by Gasteiger charge is 2.12. The summed E-state index contributed by atoms with van der Waals surface area (Å²) in [6.45, 7) is 1.71. The maximum absolute atomic E-state index is 12.0. The molecular weight excluding hydrogens is 346 g/mol. The van der Waals surface area contributed by atoms with Crippen LogP contribution in [0.5, 0.6) is 5.75 Å². The van der Waals surface area contributed by atoms with E-state index in [1.54, 1.807) is 12.1 Å². The zero-order valence-electron chi connectivity index (χ0n) is 13.4. The first-order valence-electron chi connectivity index (χ1n) is 7.37. The average Bonchev–Trinajstić information content (AvgIpc) is 2.56. The third-order valence-corrected chi connectivity index (χ3v) is 3.98. The van der Waals surface area contributed by atoms with Gasteiger partial charge in [0.25, 0.3) is 16.0 Å². The van der Waals surface area contributed by atoms with Crippen molar-refractivity contribution in [1.29, 1.82) is 0 Å². The molecule has 2 aromatic rings. The van der Waals surface area contributed by atoms with E-state index in [9.17, 15) is 18.0 Å². The molecule has 2 rings (SSSR count). The maximum atomic E-state index is 12.0. The monoisotopic (exact) mass is 363 g/mol. The quantitative estimate of drug-likeness (QED) is 0.460. The van der Waals surface area contributed by atoms with Crippen LogP contribution < -0.4 is 10.1 Å². The van der Waals surface area contributed by atoms with Crippen LogP contribution >= 0.6 is 0 Å². The first-order valence-corrected chi connectivity index (χ1v) is 8.98. The van der Waals surface area contributed by atoms with Crippen LogP contribution in [0.1, 0.15) is 26.3 Å². The van der Waals surface area contributed by atoms with Gasteiger partial charge in [0.2, 0.25) is 0 Å². The van der Waals surface area contributed by atoms with Crippen molar-refractivity contribution in [3.05, 3.63) is 65.2 Å². The van der Waals surface area contributed by atoms with E-state index < -0.39 is 27.7 Å². The molecule has 25 heavy (non-hydrogen) atoms. The summed E-state index contributed by atoms with van der Waals surface area (Å²) in [7, 11) is -4.13. The van der Waals surface area contributed by atoms with E-state index >= 15 is 0 Å². The highest BCUT2D eigenvalue weighted by atomic mass is 32.2. The fraction of sp³-hybridized carbons (Fsp3) is 0.176. The smallest absolute Gasteiger partial charge is 0.343 e. The minimum absolute atomic E-state index is 0.213. The molecule has 0 heterocycles. The standard InChI is InChI=1S/C17H17NO6S/c1-12-2-8-15(9-3-12)24-17(20)14-6-4-13(5-7-14)16(19)18-10-11-25(21,22)23/h2-9H,10-11H2,1H3,(H,18,19)(H,21,22,23). The topological polar surface area (TPSA) is 110 Å². The van der Waals surface area contributed by atoms with Gasteiger partial charge in [-0.3, -0.25) is 9.35 Å². The van der Waals surface area contributed by atoms with Gasteiger partial charge in [-0.15, -0.1) is 0 Å². The van der Waals surface area contributed by atoms with E-state index in [1.807, 2.05) is 19.1 Å². The molecule has 0 spiro atoms. The zero-order chi connectivity index (χ0) is 18.4. The van der Waals surface area contributed by atoms with Gasteiger partial charge in [0, 0.05) is 12.1 Å². The Hall–Kier alpha value is -2.71. The lowest BCUT2D eigenvalue weighted by Gasteiger charge is -2.06. The van der Waals surface area contributed by atoms with Gasteiger partial charge in [-0.1, -0.05) is 17.7 Å². The van der Waals surface area contributed by atoms with E-state index in [0.717, 1.165) is 5.56 Å². The summed E-state index contributed by atoms with van der Waals surface area (Å²) in [5.41, 5.74) is 1.57. The van der Waals surface area contributed by atoms with E-state index in [-0.39, 0.29) is 17.7 Å². The van der Waals surface area contributed by atoms with Crippen LogP contribution in [0.2, 0.25) is 0 Å². The van der Waals surface area contributed by atoms with Crippen LogP contribution in [0, 0.1) is 6.92 Å². The molecule has 2 aromatic carbocycles. The second-order valence-corrected chi connectivity index (χ2v) is 6.89. The molecule has 0 aliphatic rings. The number of hydrogen-bond acceptors (Lipinski definition) is 5. The van der Waals surface area contributed by atoms with Crippen molar-refractivity contribution in [2.45, 2.75) is 6.92 Å². The SMILES string of the molecule is Cc1ccc(OC(=O)c2ccc(C(=O)NCCS(=O)(=O)O)cc2)cc1. The molecule has 0 aliphatic heterocycles. The second-order valence-electron chi connectivity index (χ2n) is 5.32. The van der Waals surface area contributed by atoms with Crippen LogP contribution in [-0.4, -0.2) is 37.1 Å². The number of carbonyl (C=O) groups excluding carboxylic acids is 2. The van der Waals surface area contributed by atoms with E-state index in [1.165, 1.54) is 24.3 Å². The minimum atomic E-state index is -4.13. The van der Waals surface area contributed by atoms with Gasteiger partial charge in [0.15, 0.2) is 0 Å². The molecule has 0 saturated heterocycles. The van der Waals surface area contributed by atoms with Gasteiger partial charge < -0.3 is 10.1 Å². The molecule has 1 amide bonds. The van der Waals surface area contributed by atoms with Crippen LogP contribution in [0.15, 0.2) is 48.5 Å². The molecule has 0 bridgehead atoms. The molecule has 0 atom stereocenters. The Morgan fingerprint density at radius 3 is 2.12 bits per heavy atom. The van der Waals surface area contributed by atoms with E-state index in [0.29, 0.717) is 5.75 Å². The summed E-state index contributed by atoms with van der Waals surface area (Å²) >= 11 is 0. The molecular formula is C17H17NO6S. The van der Waals surface area contributed by atoms with E-state index in [4.69, 9.17) is 9.29 Å². The average molecular weight is 363 g/mol. The highest BCUT2D eigenvalue weighted by Crippen LogP contribution is 2.14. The Balaban J connectivity index is 1.95. The van der Waals surface area contributed by atoms with Crippen LogP contribution in [0.3, 0.4) is 0 Å². The summed E-state index contributed by atoms with van der Waals surface area (Å²) in [4.78, 5) is 23.9. The lowest BCUT2D eigenvalue weighted by Crippen LogP contribution is -2.28. The third kappa shape index (κ3) is 6.02. The number of benzene rings is 2. The first kappa shape index (κ1) is 18.6. The first-order chi connectivity index (χ1) is 11.7. The second kappa shape index (κ2) is 7.91. The van der Waals surface area contributed by atoms with Crippen molar-refractivity contribution in [1.82, 2.24) is 5.32 Å². The summed E-state index contributed by atoms with van der Waals surface area (Å²) in [5.74, 6) is -1.22. The minimum Gasteiger partial charge on any atom is -0.423 e. The number of esters is 1. The Morgan fingerprint density at radius 1 is 1.00 bits per heavy atom. The number of ether oxygens (including phenoxy) is 1. The molecule has 2 N–H and O–H groups in total. The Bertz CT molecular complexity index is 857. The molecule has 8 heteroatoms. The van der Waals surface area contributed by atoms with Crippen molar-refractivity contribution in [2.75, 3.05) is 12.3 Å². The van der Waals surface area contributed by atoms with Crippen molar-refractivity contribution in [2.24, 2.45) is 0 Å². The fourth-order valence-corrected chi connectivity index (χ4v) is 2.29. The van der Waals surface area contributed by atoms with Gasteiger partial charge in [0.1, 0.15) is 5.75 Å². The van der Waals surface area contributed by atoms with Gasteiger partial charge in [-0.25, -0.2) is 4.79 Å². The number of carbonyl (C=O) groups is 2. The van der Waals surface area contributed by atoms with Gasteiger partial charge in [-0.05, 0) is 43.3 Å². The predicted octanol–water partition coefficient (Wildman–Crippen LogP) is 1.83. The van der Waals surface area contributed by atoms with Gasteiger partial charge in [0.05, 0.1) is 11.3 Å². The van der Waals surface area contributed by atoms with Crippen molar-refractivity contribution >= 4 is 22.0 Å². The number of hydrogen-bond donors (Lipinski definition) is 2. The van der Waals surface area contributed by atoms with Crippen LogP contribution in [0.4, 0.5) is 0 Å². The highest BCUT2D eigenvalue weighted by molar-refractivity contribution is 7.85. The number of amides is 1. The van der Waals surface area contributed by atoms with E-state index in [2.05, 4.69) is 5.32 Å². The fourth-order valence-electron chi connectivity index (χ4n) is 1.93. The maximum Gasteiger partial charge on any atom is 0.343 e. The molecule has 0 radical (unpaired) electrons. The van der Waals surface area contributed by atoms with Crippen molar-refractivity contribution < 1.29 is 27.3 Å². The van der Waals surface area contributed by atoms with Gasteiger partial charge >= 0.3 is 5.97 Å². The normalized spacial score (nSPS) is 11.0. The zero-order valence-corrected chi connectivity index (χ0v) is 14.2. The van der Waals surface area contributed by atoms with Gasteiger partial charge in [-0.2, -0.15) is 8.42 Å². The van der Waals surface area contributed by atoms with Crippen molar-refractivity contribution in [3.8, 4) is 5.75 Å². The molecule has 7 nitrogen and oxygen atoms in total.